The largest absolute Gasteiger partial charge is 0.457 e. The highest BCUT2D eigenvalue weighted by molar-refractivity contribution is 5.94. The molecule has 0 unspecified atom stereocenters. The van der Waals surface area contributed by atoms with Gasteiger partial charge in [-0.2, -0.15) is 0 Å². The summed E-state index contributed by atoms with van der Waals surface area (Å²) in [4.78, 5) is 18.5. The van der Waals surface area contributed by atoms with E-state index < -0.39 is 0 Å². The van der Waals surface area contributed by atoms with Gasteiger partial charge in [-0.25, -0.2) is 0 Å². The lowest BCUT2D eigenvalue weighted by Gasteiger charge is -2.31. The zero-order valence-corrected chi connectivity index (χ0v) is 15.7. The molecule has 2 aromatic rings. The number of piperidine rings is 1. The molecule has 0 aliphatic carbocycles. The monoisotopic (exact) mass is 383 g/mol. The summed E-state index contributed by atoms with van der Waals surface area (Å²) in [5.74, 6) is 1.44. The standard InChI is InChI=1S/C18H21N3O2.2ClH/c1-19-15-7-11-21(12-8-15)18(22)14-3-2-4-17(13-14)23-16-5-9-20-10-6-16;;/h2-6,9-10,13,15,19H,7-8,11-12H2,1H3;2*1H. The number of hydrogen-bond acceptors (Lipinski definition) is 4. The van der Waals surface area contributed by atoms with Gasteiger partial charge >= 0.3 is 0 Å². The Bertz CT molecular complexity index is 662. The van der Waals surface area contributed by atoms with Crippen molar-refractivity contribution in [1.29, 1.82) is 0 Å². The average Bonchev–Trinajstić information content (AvgIpc) is 2.62. The highest BCUT2D eigenvalue weighted by Crippen LogP contribution is 2.22. The number of halogens is 2. The molecule has 5 nitrogen and oxygen atoms in total. The quantitative estimate of drug-likeness (QED) is 0.876. The van der Waals surface area contributed by atoms with Crippen molar-refractivity contribution in [1.82, 2.24) is 15.2 Å². The number of ether oxygens (including phenoxy) is 1. The number of hydrogen-bond donors (Lipinski definition) is 1. The summed E-state index contributed by atoms with van der Waals surface area (Å²) < 4.78 is 5.77. The van der Waals surface area contributed by atoms with Crippen LogP contribution in [0.3, 0.4) is 0 Å². The molecule has 0 spiro atoms. The SMILES string of the molecule is CNC1CCN(C(=O)c2cccc(Oc3ccncc3)c2)CC1.Cl.Cl. The molecule has 1 aliphatic rings. The first-order valence-corrected chi connectivity index (χ1v) is 7.91. The summed E-state index contributed by atoms with van der Waals surface area (Å²) >= 11 is 0. The summed E-state index contributed by atoms with van der Waals surface area (Å²) in [5.41, 5.74) is 0.666. The fourth-order valence-corrected chi connectivity index (χ4v) is 2.79. The topological polar surface area (TPSA) is 54.5 Å². The number of nitrogens with one attached hydrogen (secondary N) is 1. The molecule has 1 N–H and O–H groups in total. The molecule has 1 aromatic carbocycles. The van der Waals surface area contributed by atoms with Crippen LogP contribution in [-0.2, 0) is 0 Å². The van der Waals surface area contributed by atoms with Crippen LogP contribution in [0.2, 0.25) is 0 Å². The predicted molar refractivity (Wildman–Crippen MR) is 103 cm³/mol. The highest BCUT2D eigenvalue weighted by atomic mass is 35.5. The second-order valence-electron chi connectivity index (χ2n) is 5.67. The summed E-state index contributed by atoms with van der Waals surface area (Å²) in [6.45, 7) is 1.58. The highest BCUT2D eigenvalue weighted by Gasteiger charge is 2.22. The number of aromatic nitrogens is 1. The van der Waals surface area contributed by atoms with E-state index in [4.69, 9.17) is 4.74 Å². The second-order valence-corrected chi connectivity index (χ2v) is 5.67. The van der Waals surface area contributed by atoms with Crippen molar-refractivity contribution in [3.05, 3.63) is 54.4 Å². The zero-order chi connectivity index (χ0) is 16.1. The van der Waals surface area contributed by atoms with Gasteiger partial charge in [-0.05, 0) is 50.2 Å². The number of pyridine rings is 1. The van der Waals surface area contributed by atoms with E-state index in [1.54, 1.807) is 30.6 Å². The van der Waals surface area contributed by atoms with Crippen molar-refractivity contribution >= 4 is 30.7 Å². The Morgan fingerprint density at radius 1 is 1.12 bits per heavy atom. The molecular formula is C18H23Cl2N3O2. The van der Waals surface area contributed by atoms with Crippen molar-refractivity contribution < 1.29 is 9.53 Å². The minimum Gasteiger partial charge on any atom is -0.457 e. The summed E-state index contributed by atoms with van der Waals surface area (Å²) in [5, 5.41) is 3.28. The Morgan fingerprint density at radius 2 is 1.80 bits per heavy atom. The van der Waals surface area contributed by atoms with Gasteiger partial charge in [0.25, 0.3) is 5.91 Å². The number of nitrogens with zero attached hydrogens (tertiary/aromatic N) is 2. The van der Waals surface area contributed by atoms with E-state index in [0.29, 0.717) is 23.1 Å². The molecule has 1 aromatic heterocycles. The predicted octanol–water partition coefficient (Wildman–Crippen LogP) is 3.54. The number of benzene rings is 1. The molecule has 3 rings (SSSR count). The Morgan fingerprint density at radius 3 is 2.44 bits per heavy atom. The molecular weight excluding hydrogens is 361 g/mol. The minimum atomic E-state index is 0. The van der Waals surface area contributed by atoms with Crippen LogP contribution in [0.1, 0.15) is 23.2 Å². The Kier molecular flexibility index (Phi) is 8.69. The zero-order valence-electron chi connectivity index (χ0n) is 14.1. The first-order valence-electron chi connectivity index (χ1n) is 7.91. The molecule has 1 fully saturated rings. The van der Waals surface area contributed by atoms with Crippen molar-refractivity contribution in [3.8, 4) is 11.5 Å². The van der Waals surface area contributed by atoms with Gasteiger partial charge in [0.1, 0.15) is 11.5 Å². The molecule has 0 radical (unpaired) electrons. The molecule has 25 heavy (non-hydrogen) atoms. The van der Waals surface area contributed by atoms with Crippen LogP contribution in [-0.4, -0.2) is 42.0 Å². The van der Waals surface area contributed by atoms with E-state index in [1.807, 2.05) is 30.1 Å². The van der Waals surface area contributed by atoms with E-state index in [-0.39, 0.29) is 30.7 Å². The van der Waals surface area contributed by atoms with Crippen molar-refractivity contribution in [2.24, 2.45) is 0 Å². The average molecular weight is 384 g/mol. The van der Waals surface area contributed by atoms with Crippen molar-refractivity contribution in [3.63, 3.8) is 0 Å². The van der Waals surface area contributed by atoms with Gasteiger partial charge in [-0.1, -0.05) is 6.07 Å². The molecule has 0 saturated carbocycles. The van der Waals surface area contributed by atoms with Crippen LogP contribution >= 0.6 is 24.8 Å². The number of carbonyl (C=O) groups excluding carboxylic acids is 1. The minimum absolute atomic E-state index is 0. The molecule has 1 amide bonds. The summed E-state index contributed by atoms with van der Waals surface area (Å²) in [6, 6.07) is 11.4. The maximum Gasteiger partial charge on any atom is 0.253 e. The Hall–Kier alpha value is -1.82. The first kappa shape index (κ1) is 21.2. The Labute approximate surface area is 160 Å². The van der Waals surface area contributed by atoms with E-state index in [0.717, 1.165) is 25.9 Å². The fraction of sp³-hybridized carbons (Fsp3) is 0.333. The van der Waals surface area contributed by atoms with Gasteiger partial charge in [0.15, 0.2) is 0 Å². The van der Waals surface area contributed by atoms with Crippen molar-refractivity contribution in [2.45, 2.75) is 18.9 Å². The normalized spacial score (nSPS) is 14.2. The molecule has 7 heteroatoms. The fourth-order valence-electron chi connectivity index (χ4n) is 2.79. The van der Waals surface area contributed by atoms with Gasteiger partial charge in [0, 0.05) is 37.1 Å². The lowest BCUT2D eigenvalue weighted by molar-refractivity contribution is 0.0707. The first-order chi connectivity index (χ1) is 11.3. The number of carbonyl (C=O) groups is 1. The van der Waals surface area contributed by atoms with Crippen LogP contribution in [0.15, 0.2) is 48.8 Å². The van der Waals surface area contributed by atoms with E-state index >= 15 is 0 Å². The molecule has 1 aliphatic heterocycles. The van der Waals surface area contributed by atoms with Gasteiger partial charge in [-0.3, -0.25) is 9.78 Å². The maximum atomic E-state index is 12.6. The van der Waals surface area contributed by atoms with E-state index in [1.165, 1.54) is 0 Å². The summed E-state index contributed by atoms with van der Waals surface area (Å²) in [6.07, 6.45) is 5.34. The number of rotatable bonds is 4. The Balaban J connectivity index is 0.00000156. The van der Waals surface area contributed by atoms with Crippen LogP contribution in [0.25, 0.3) is 0 Å². The van der Waals surface area contributed by atoms with E-state index in [9.17, 15) is 4.79 Å². The van der Waals surface area contributed by atoms with Gasteiger partial charge in [0.05, 0.1) is 0 Å². The van der Waals surface area contributed by atoms with Crippen LogP contribution in [0.4, 0.5) is 0 Å². The molecule has 136 valence electrons. The third-order valence-electron chi connectivity index (χ3n) is 4.16. The lowest BCUT2D eigenvalue weighted by Crippen LogP contribution is -2.43. The third-order valence-corrected chi connectivity index (χ3v) is 4.16. The molecule has 0 bridgehead atoms. The smallest absolute Gasteiger partial charge is 0.253 e. The molecule has 0 atom stereocenters. The lowest BCUT2D eigenvalue weighted by atomic mass is 10.0. The van der Waals surface area contributed by atoms with Crippen LogP contribution in [0.5, 0.6) is 11.5 Å². The third kappa shape index (κ3) is 5.59. The van der Waals surface area contributed by atoms with Crippen molar-refractivity contribution in [2.75, 3.05) is 20.1 Å². The second kappa shape index (κ2) is 10.2. The molecule has 2 heterocycles. The molecule has 1 saturated heterocycles. The maximum absolute atomic E-state index is 12.6. The van der Waals surface area contributed by atoms with Gasteiger partial charge in [0.2, 0.25) is 0 Å². The van der Waals surface area contributed by atoms with E-state index in [2.05, 4.69) is 10.3 Å². The number of amides is 1. The van der Waals surface area contributed by atoms with Crippen LogP contribution in [0, 0.1) is 0 Å². The summed E-state index contributed by atoms with van der Waals surface area (Å²) in [7, 11) is 1.97. The van der Waals surface area contributed by atoms with Crippen LogP contribution < -0.4 is 10.1 Å². The van der Waals surface area contributed by atoms with Gasteiger partial charge < -0.3 is 15.0 Å². The number of likely N-dealkylation sites (tertiary alicyclic amines) is 1. The van der Waals surface area contributed by atoms with Gasteiger partial charge in [-0.15, -0.1) is 24.8 Å².